The molecule has 0 unspecified atom stereocenters. The van der Waals surface area contributed by atoms with Gasteiger partial charge in [0.25, 0.3) is 5.91 Å². The standard InChI is InChI=1S/C24H25F2N3O5/c25-24(26)34-19-8-6-17(7-9-19)12-14-27-21(30)16-33-23(32)11-10-22(31)29-15-13-20(28-29)18-4-2-1-3-5-18/h1-9,24H,10-16H2,(H,27,30). The van der Waals surface area contributed by atoms with E-state index in [-0.39, 0.29) is 31.0 Å². The summed E-state index contributed by atoms with van der Waals surface area (Å²) < 4.78 is 33.5. The zero-order valence-electron chi connectivity index (χ0n) is 18.4. The predicted molar refractivity (Wildman–Crippen MR) is 119 cm³/mol. The van der Waals surface area contributed by atoms with Gasteiger partial charge in [-0.2, -0.15) is 13.9 Å². The Morgan fingerprint density at radius 1 is 1.03 bits per heavy atom. The van der Waals surface area contributed by atoms with Crippen molar-refractivity contribution in [3.8, 4) is 5.75 Å². The third-order valence-electron chi connectivity index (χ3n) is 4.99. The number of nitrogens with zero attached hydrogens (tertiary/aromatic N) is 2. The van der Waals surface area contributed by atoms with Crippen LogP contribution in [0.15, 0.2) is 59.7 Å². The molecule has 0 saturated carbocycles. The van der Waals surface area contributed by atoms with Gasteiger partial charge in [0.15, 0.2) is 6.61 Å². The Bertz CT molecular complexity index is 1010. The lowest BCUT2D eigenvalue weighted by Crippen LogP contribution is -2.30. The van der Waals surface area contributed by atoms with Crippen LogP contribution < -0.4 is 10.1 Å². The Morgan fingerprint density at radius 2 is 1.76 bits per heavy atom. The molecule has 0 fully saturated rings. The molecular formula is C24H25F2N3O5. The monoisotopic (exact) mass is 473 g/mol. The topological polar surface area (TPSA) is 97.3 Å². The second kappa shape index (κ2) is 12.4. The molecular weight excluding hydrogens is 448 g/mol. The summed E-state index contributed by atoms with van der Waals surface area (Å²) >= 11 is 0. The van der Waals surface area contributed by atoms with Gasteiger partial charge < -0.3 is 14.8 Å². The van der Waals surface area contributed by atoms with Crippen LogP contribution in [0.4, 0.5) is 8.78 Å². The third-order valence-corrected chi connectivity index (χ3v) is 4.99. The number of hydrogen-bond acceptors (Lipinski definition) is 6. The fraction of sp³-hybridized carbons (Fsp3) is 0.333. The number of benzene rings is 2. The van der Waals surface area contributed by atoms with Crippen molar-refractivity contribution in [3.63, 3.8) is 0 Å². The zero-order valence-corrected chi connectivity index (χ0v) is 18.4. The molecule has 8 nitrogen and oxygen atoms in total. The number of hydrogen-bond donors (Lipinski definition) is 1. The van der Waals surface area contributed by atoms with Gasteiger partial charge in [-0.25, -0.2) is 5.01 Å². The lowest BCUT2D eigenvalue weighted by Gasteiger charge is -2.11. The van der Waals surface area contributed by atoms with Gasteiger partial charge in [-0.3, -0.25) is 14.4 Å². The van der Waals surface area contributed by atoms with Crippen molar-refractivity contribution in [2.45, 2.75) is 32.3 Å². The average molecular weight is 473 g/mol. The summed E-state index contributed by atoms with van der Waals surface area (Å²) in [5.74, 6) is -1.35. The second-order valence-electron chi connectivity index (χ2n) is 7.46. The maximum absolute atomic E-state index is 12.3. The maximum Gasteiger partial charge on any atom is 0.387 e. The molecule has 180 valence electrons. The Hall–Kier alpha value is -3.82. The number of esters is 1. The molecule has 1 heterocycles. The molecule has 0 atom stereocenters. The Morgan fingerprint density at radius 3 is 2.47 bits per heavy atom. The van der Waals surface area contributed by atoms with Gasteiger partial charge in [-0.1, -0.05) is 42.5 Å². The highest BCUT2D eigenvalue weighted by Crippen LogP contribution is 2.16. The summed E-state index contributed by atoms with van der Waals surface area (Å²) in [4.78, 5) is 36.0. The Labute approximate surface area is 195 Å². The Kier molecular flexibility index (Phi) is 9.07. The normalized spacial score (nSPS) is 12.9. The summed E-state index contributed by atoms with van der Waals surface area (Å²) in [7, 11) is 0. The lowest BCUT2D eigenvalue weighted by molar-refractivity contribution is -0.149. The minimum atomic E-state index is -2.88. The smallest absolute Gasteiger partial charge is 0.387 e. The van der Waals surface area contributed by atoms with E-state index in [2.05, 4.69) is 15.2 Å². The van der Waals surface area contributed by atoms with Crippen LogP contribution in [-0.2, 0) is 25.5 Å². The molecule has 0 saturated heterocycles. The van der Waals surface area contributed by atoms with Crippen molar-refractivity contribution < 1.29 is 32.6 Å². The molecule has 2 aromatic rings. The van der Waals surface area contributed by atoms with E-state index in [1.54, 1.807) is 12.1 Å². The molecule has 1 aliphatic rings. The number of rotatable bonds is 11. The third kappa shape index (κ3) is 7.95. The molecule has 0 spiro atoms. The summed E-state index contributed by atoms with van der Waals surface area (Å²) in [5, 5.41) is 8.29. The van der Waals surface area contributed by atoms with Crippen molar-refractivity contribution in [1.82, 2.24) is 10.3 Å². The van der Waals surface area contributed by atoms with Gasteiger partial charge in [0.05, 0.1) is 18.7 Å². The van der Waals surface area contributed by atoms with Gasteiger partial charge in [0, 0.05) is 19.4 Å². The highest BCUT2D eigenvalue weighted by atomic mass is 19.3. The molecule has 0 aliphatic carbocycles. The van der Waals surface area contributed by atoms with Crippen LogP contribution in [0, 0.1) is 0 Å². The van der Waals surface area contributed by atoms with Gasteiger partial charge in [-0.05, 0) is 29.7 Å². The SMILES string of the molecule is O=C(COC(=O)CCC(=O)N1CCC(c2ccccc2)=N1)NCCc1ccc(OC(F)F)cc1. The first-order valence-electron chi connectivity index (χ1n) is 10.8. The summed E-state index contributed by atoms with van der Waals surface area (Å²) in [6.45, 7) is -2.59. The lowest BCUT2D eigenvalue weighted by atomic mass is 10.1. The van der Waals surface area contributed by atoms with Gasteiger partial charge in [0.2, 0.25) is 5.91 Å². The van der Waals surface area contributed by atoms with Crippen LogP contribution in [0.1, 0.15) is 30.4 Å². The van der Waals surface area contributed by atoms with Crippen LogP contribution in [0.25, 0.3) is 0 Å². The van der Waals surface area contributed by atoms with Crippen LogP contribution in [-0.4, -0.2) is 54.8 Å². The van der Waals surface area contributed by atoms with E-state index < -0.39 is 25.1 Å². The molecule has 0 bridgehead atoms. The van der Waals surface area contributed by atoms with Crippen molar-refractivity contribution in [2.24, 2.45) is 5.10 Å². The van der Waals surface area contributed by atoms with Crippen molar-refractivity contribution in [1.29, 1.82) is 0 Å². The molecule has 3 rings (SSSR count). The fourth-order valence-corrected chi connectivity index (χ4v) is 3.26. The minimum absolute atomic E-state index is 0.0568. The van der Waals surface area contributed by atoms with E-state index in [9.17, 15) is 23.2 Å². The van der Waals surface area contributed by atoms with Crippen LogP contribution in [0.5, 0.6) is 5.75 Å². The van der Waals surface area contributed by atoms with E-state index in [0.717, 1.165) is 16.8 Å². The van der Waals surface area contributed by atoms with Gasteiger partial charge >= 0.3 is 12.6 Å². The minimum Gasteiger partial charge on any atom is -0.456 e. The van der Waals surface area contributed by atoms with Gasteiger partial charge in [-0.15, -0.1) is 0 Å². The zero-order chi connectivity index (χ0) is 24.3. The molecule has 34 heavy (non-hydrogen) atoms. The number of carbonyl (C=O) groups excluding carboxylic acids is 3. The van der Waals surface area contributed by atoms with E-state index in [1.165, 1.54) is 17.1 Å². The molecule has 0 aromatic heterocycles. The average Bonchev–Trinajstić information content (AvgIpc) is 3.33. The van der Waals surface area contributed by atoms with E-state index in [1.807, 2.05) is 30.3 Å². The molecule has 1 N–H and O–H groups in total. The first kappa shape index (κ1) is 24.8. The van der Waals surface area contributed by atoms with E-state index in [0.29, 0.717) is 19.4 Å². The Balaban J connectivity index is 1.30. The number of amides is 2. The largest absolute Gasteiger partial charge is 0.456 e. The van der Waals surface area contributed by atoms with Crippen LogP contribution in [0.3, 0.4) is 0 Å². The maximum atomic E-state index is 12.3. The number of ether oxygens (including phenoxy) is 2. The molecule has 2 amide bonds. The quantitative estimate of drug-likeness (QED) is 0.506. The first-order chi connectivity index (χ1) is 16.4. The second-order valence-corrected chi connectivity index (χ2v) is 7.46. The molecule has 2 aromatic carbocycles. The van der Waals surface area contributed by atoms with Crippen molar-refractivity contribution in [2.75, 3.05) is 19.7 Å². The predicted octanol–water partition coefficient (Wildman–Crippen LogP) is 2.91. The number of halogens is 2. The summed E-state index contributed by atoms with van der Waals surface area (Å²) in [6.07, 6.45) is 0.904. The summed E-state index contributed by atoms with van der Waals surface area (Å²) in [6, 6.07) is 15.6. The molecule has 10 heteroatoms. The molecule has 0 radical (unpaired) electrons. The van der Waals surface area contributed by atoms with E-state index >= 15 is 0 Å². The highest BCUT2D eigenvalue weighted by Gasteiger charge is 2.22. The van der Waals surface area contributed by atoms with Gasteiger partial charge in [0.1, 0.15) is 5.75 Å². The fourth-order valence-electron chi connectivity index (χ4n) is 3.26. The van der Waals surface area contributed by atoms with Crippen LogP contribution >= 0.6 is 0 Å². The highest BCUT2D eigenvalue weighted by molar-refractivity contribution is 6.02. The number of hydrazone groups is 1. The number of nitrogens with one attached hydrogen (secondary N) is 1. The first-order valence-corrected chi connectivity index (χ1v) is 10.8. The van der Waals surface area contributed by atoms with Crippen molar-refractivity contribution in [3.05, 3.63) is 65.7 Å². The van der Waals surface area contributed by atoms with Crippen LogP contribution in [0.2, 0.25) is 0 Å². The summed E-state index contributed by atoms with van der Waals surface area (Å²) in [5.41, 5.74) is 2.60. The van der Waals surface area contributed by atoms with E-state index in [4.69, 9.17) is 4.74 Å². The van der Waals surface area contributed by atoms with Crippen molar-refractivity contribution >= 4 is 23.5 Å². The molecule has 1 aliphatic heterocycles. The number of carbonyl (C=O) groups is 3. The number of alkyl halides is 2.